The van der Waals surface area contributed by atoms with Gasteiger partial charge in [-0.1, -0.05) is 75.3 Å². The summed E-state index contributed by atoms with van der Waals surface area (Å²) in [6.45, 7) is 0.647. The minimum atomic E-state index is -3.86. The largest absolute Gasteiger partial charge is 0.448 e. The molecule has 2 amide bonds. The molecule has 2 aliphatic heterocycles. The zero-order valence-electron chi connectivity index (χ0n) is 24.2. The van der Waals surface area contributed by atoms with Gasteiger partial charge in [0, 0.05) is 18.9 Å². The molecule has 4 atom stereocenters. The second kappa shape index (κ2) is 14.5. The maximum atomic E-state index is 12.7. The first-order chi connectivity index (χ1) is 20.4. The zero-order chi connectivity index (χ0) is 29.4. The summed E-state index contributed by atoms with van der Waals surface area (Å²) in [5.74, 6) is 0.817. The minimum absolute atomic E-state index is 0.0234. The summed E-state index contributed by atoms with van der Waals surface area (Å²) in [6.07, 6.45) is 18.8. The number of rotatable bonds is 14. The fourth-order valence-corrected chi connectivity index (χ4v) is 7.77. The summed E-state index contributed by atoms with van der Waals surface area (Å²) >= 11 is 0. The Morgan fingerprint density at radius 1 is 0.976 bits per heavy atom. The van der Waals surface area contributed by atoms with Crippen LogP contribution in [0, 0.1) is 11.8 Å². The number of oxazole rings is 1. The van der Waals surface area contributed by atoms with E-state index in [9.17, 15) is 18.0 Å². The third-order valence-electron chi connectivity index (χ3n) is 8.93. The van der Waals surface area contributed by atoms with Crippen molar-refractivity contribution < 1.29 is 27.2 Å². The number of nitrogens with zero attached hydrogens (tertiary/aromatic N) is 1. The maximum absolute atomic E-state index is 12.7. The maximum Gasteiger partial charge on any atom is 0.273 e. The number of ether oxygens (including phenoxy) is 1. The summed E-state index contributed by atoms with van der Waals surface area (Å²) in [5, 5.41) is 2.99. The van der Waals surface area contributed by atoms with Crippen molar-refractivity contribution in [1.82, 2.24) is 15.0 Å². The Morgan fingerprint density at radius 3 is 2.57 bits per heavy atom. The van der Waals surface area contributed by atoms with E-state index in [2.05, 4.69) is 15.0 Å². The highest BCUT2D eigenvalue weighted by Gasteiger charge is 2.51. The lowest BCUT2D eigenvalue weighted by atomic mass is 9.77. The fraction of sp³-hybridized carbons (Fsp3) is 0.594. The van der Waals surface area contributed by atoms with Gasteiger partial charge in [-0.05, 0) is 50.2 Å². The van der Waals surface area contributed by atoms with Crippen LogP contribution in [0.2, 0.25) is 0 Å². The van der Waals surface area contributed by atoms with Crippen molar-refractivity contribution in [2.45, 2.75) is 106 Å². The fourth-order valence-electron chi connectivity index (χ4n) is 6.73. The summed E-state index contributed by atoms with van der Waals surface area (Å²) in [7, 11) is -3.86. The number of benzene rings is 1. The molecule has 2 bridgehead atoms. The molecule has 1 aliphatic carbocycles. The van der Waals surface area contributed by atoms with E-state index in [1.807, 2.05) is 12.2 Å². The molecule has 228 valence electrons. The molecule has 1 aromatic carbocycles. The molecule has 4 unspecified atom stereocenters. The van der Waals surface area contributed by atoms with Crippen LogP contribution in [0.1, 0.15) is 106 Å². The van der Waals surface area contributed by atoms with Crippen molar-refractivity contribution in [2.24, 2.45) is 11.8 Å². The van der Waals surface area contributed by atoms with Gasteiger partial charge in [-0.2, -0.15) is 0 Å². The van der Waals surface area contributed by atoms with Gasteiger partial charge in [-0.15, -0.1) is 0 Å². The molecule has 42 heavy (non-hydrogen) atoms. The summed E-state index contributed by atoms with van der Waals surface area (Å²) in [5.41, 5.74) is 0.311. The Hall–Kier alpha value is -2.98. The normalized spacial score (nSPS) is 24.3. The van der Waals surface area contributed by atoms with Crippen LogP contribution in [0.25, 0.3) is 0 Å². The van der Waals surface area contributed by atoms with Crippen LogP contribution in [0.4, 0.5) is 0 Å². The number of allylic oxidation sites excluding steroid dienone is 2. The molecule has 0 spiro atoms. The van der Waals surface area contributed by atoms with Crippen LogP contribution in [0.15, 0.2) is 58.1 Å². The number of carbonyl (C=O) groups is 2. The standard InChI is InChI=1S/C32H43N3O6S/c36-29(35-42(38,39)24-15-6-2-7-16-24)18-9-3-8-17-25-27-19-20-28(41-27)30(25)32-34-26(22-40-32)31(37)33-21-11-10-14-23-12-4-1-5-13-23/h2-3,6-8,15-16,22-23,25,27-28,30H,1,4-5,9-14,17-21H2,(H,33,37)(H,35,36). The highest BCUT2D eigenvalue weighted by molar-refractivity contribution is 7.90. The Balaban J connectivity index is 1.06. The lowest BCUT2D eigenvalue weighted by molar-refractivity contribution is -0.119. The Kier molecular flexibility index (Phi) is 10.5. The number of unbranched alkanes of at least 4 members (excludes halogenated alkanes) is 1. The van der Waals surface area contributed by atoms with Crippen molar-refractivity contribution in [3.05, 3.63) is 60.3 Å². The zero-order valence-corrected chi connectivity index (χ0v) is 25.0. The number of hydrogen-bond acceptors (Lipinski definition) is 7. The molecule has 2 N–H and O–H groups in total. The van der Waals surface area contributed by atoms with Crippen molar-refractivity contribution in [1.29, 1.82) is 0 Å². The van der Waals surface area contributed by atoms with Crippen molar-refractivity contribution >= 4 is 21.8 Å². The lowest BCUT2D eigenvalue weighted by Crippen LogP contribution is -2.30. The average Bonchev–Trinajstić information content (AvgIpc) is 3.75. The Labute approximate surface area is 248 Å². The van der Waals surface area contributed by atoms with Crippen LogP contribution in [-0.2, 0) is 19.6 Å². The van der Waals surface area contributed by atoms with E-state index in [0.717, 1.165) is 38.0 Å². The second-order valence-electron chi connectivity index (χ2n) is 11.9. The molecular formula is C32H43N3O6S. The van der Waals surface area contributed by atoms with Crippen LogP contribution in [0.5, 0.6) is 0 Å². The molecule has 1 aromatic heterocycles. The Bertz CT molecular complexity index is 1320. The van der Waals surface area contributed by atoms with E-state index in [1.165, 1.54) is 56.9 Å². The first-order valence-corrected chi connectivity index (χ1v) is 17.0. The van der Waals surface area contributed by atoms with Crippen molar-refractivity contribution in [3.8, 4) is 0 Å². The second-order valence-corrected chi connectivity index (χ2v) is 13.6. The van der Waals surface area contributed by atoms with Crippen molar-refractivity contribution in [3.63, 3.8) is 0 Å². The smallest absolute Gasteiger partial charge is 0.273 e. The summed E-state index contributed by atoms with van der Waals surface area (Å²) in [6, 6.07) is 7.85. The molecule has 1 saturated carbocycles. The van der Waals surface area contributed by atoms with Gasteiger partial charge in [0.1, 0.15) is 6.26 Å². The van der Waals surface area contributed by atoms with Crippen LogP contribution >= 0.6 is 0 Å². The van der Waals surface area contributed by atoms with Crippen LogP contribution in [0.3, 0.4) is 0 Å². The quantitative estimate of drug-likeness (QED) is 0.213. The summed E-state index contributed by atoms with van der Waals surface area (Å²) < 4.78 is 38.8. The van der Waals surface area contributed by atoms with Crippen LogP contribution < -0.4 is 10.0 Å². The van der Waals surface area contributed by atoms with E-state index in [-0.39, 0.29) is 41.3 Å². The number of amides is 2. The third-order valence-corrected chi connectivity index (χ3v) is 10.3. The highest BCUT2D eigenvalue weighted by Crippen LogP contribution is 2.50. The monoisotopic (exact) mass is 597 g/mol. The molecular weight excluding hydrogens is 554 g/mol. The number of nitrogens with one attached hydrogen (secondary N) is 2. The van der Waals surface area contributed by atoms with Gasteiger partial charge in [-0.25, -0.2) is 18.1 Å². The van der Waals surface area contributed by atoms with E-state index in [1.54, 1.807) is 18.2 Å². The number of hydrogen-bond donors (Lipinski definition) is 2. The molecule has 3 heterocycles. The lowest BCUT2D eigenvalue weighted by Gasteiger charge is -2.24. The molecule has 5 rings (SSSR count). The molecule has 2 aromatic rings. The van der Waals surface area contributed by atoms with Gasteiger partial charge in [0.25, 0.3) is 15.9 Å². The van der Waals surface area contributed by atoms with E-state index in [4.69, 9.17) is 9.15 Å². The van der Waals surface area contributed by atoms with Gasteiger partial charge in [0.05, 0.1) is 23.0 Å². The van der Waals surface area contributed by atoms with Gasteiger partial charge < -0.3 is 14.5 Å². The molecule has 2 saturated heterocycles. The summed E-state index contributed by atoms with van der Waals surface area (Å²) in [4.78, 5) is 29.5. The number of carbonyl (C=O) groups excluding carboxylic acids is 2. The highest BCUT2D eigenvalue weighted by atomic mass is 32.2. The van der Waals surface area contributed by atoms with Gasteiger partial charge >= 0.3 is 0 Å². The SMILES string of the molecule is O=C(CCC=CCC1C2CCC(O2)C1c1nc(C(=O)NCCCCC2CCCCC2)co1)NS(=O)(=O)c1ccccc1. The minimum Gasteiger partial charge on any atom is -0.448 e. The van der Waals surface area contributed by atoms with Gasteiger partial charge in [-0.3, -0.25) is 9.59 Å². The number of sulfonamides is 1. The predicted octanol–water partition coefficient (Wildman–Crippen LogP) is 5.65. The first-order valence-electron chi connectivity index (χ1n) is 15.6. The average molecular weight is 598 g/mol. The van der Waals surface area contributed by atoms with Gasteiger partial charge in [0.15, 0.2) is 5.69 Å². The van der Waals surface area contributed by atoms with Crippen LogP contribution in [-0.4, -0.2) is 44.0 Å². The molecule has 10 heteroatoms. The molecule has 0 radical (unpaired) electrons. The van der Waals surface area contributed by atoms with E-state index < -0.39 is 15.9 Å². The van der Waals surface area contributed by atoms with E-state index >= 15 is 0 Å². The first kappa shape index (κ1) is 30.5. The molecule has 3 aliphatic rings. The Morgan fingerprint density at radius 2 is 1.76 bits per heavy atom. The molecule has 3 fully saturated rings. The topological polar surface area (TPSA) is 128 Å². The molecule has 9 nitrogen and oxygen atoms in total. The van der Waals surface area contributed by atoms with Crippen molar-refractivity contribution in [2.75, 3.05) is 6.54 Å². The van der Waals surface area contributed by atoms with Gasteiger partial charge in [0.2, 0.25) is 11.8 Å². The van der Waals surface area contributed by atoms with E-state index in [0.29, 0.717) is 24.6 Å². The third kappa shape index (κ3) is 7.89. The predicted molar refractivity (Wildman–Crippen MR) is 158 cm³/mol. The number of aromatic nitrogens is 1. The number of fused-ring (bicyclic) bond motifs is 2.